The topological polar surface area (TPSA) is 35.9 Å². The van der Waals surface area contributed by atoms with Gasteiger partial charge in [-0.1, -0.05) is 157 Å². The Kier molecular flexibility index (Phi) is 3.45. The highest BCUT2D eigenvalue weighted by Gasteiger charge is 2.21. The summed E-state index contributed by atoms with van der Waals surface area (Å²) in [6, 6.07) is -31.7. The normalized spacial score (nSPS) is 20.7. The van der Waals surface area contributed by atoms with E-state index in [4.69, 9.17) is 41.7 Å². The van der Waals surface area contributed by atoms with Gasteiger partial charge in [-0.15, -0.1) is 0 Å². The van der Waals surface area contributed by atoms with Crippen LogP contribution < -0.4 is 9.30 Å². The Hall–Kier alpha value is -8.02. The monoisotopic (exact) mass is 823 g/mol. The summed E-state index contributed by atoms with van der Waals surface area (Å²) in [6.45, 7) is -6.99. The molecule has 0 aliphatic rings. The molecular weight excluding hydrogens is 745 g/mol. The maximum absolute atomic E-state index is 10.1. The van der Waals surface area contributed by atoms with E-state index in [0.29, 0.717) is 19.8 Å². The molecule has 3 aromatic heterocycles. The van der Waals surface area contributed by atoms with E-state index in [-0.39, 0.29) is 0 Å². The third-order valence-corrected chi connectivity index (χ3v) is 9.10. The Morgan fingerprint density at radius 2 is 1.18 bits per heavy atom. The lowest BCUT2D eigenvalue weighted by molar-refractivity contribution is -0.571. The molecule has 0 N–H and O–H groups in total. The van der Waals surface area contributed by atoms with E-state index in [9.17, 15) is 15.1 Å². The van der Waals surface area contributed by atoms with Crippen molar-refractivity contribution in [1.82, 2.24) is 14.1 Å². The van der Waals surface area contributed by atoms with Crippen molar-refractivity contribution in [3.63, 3.8) is 0 Å². The van der Waals surface area contributed by atoms with Gasteiger partial charge in [0.05, 0.1) is 77.3 Å². The van der Waals surface area contributed by atoms with Crippen LogP contribution in [-0.4, -0.2) is 14.1 Å². The van der Waals surface area contributed by atoms with Gasteiger partial charge in [-0.3, -0.25) is 13.7 Å². The average Bonchev–Trinajstić information content (AvgIpc) is 1.61. The highest BCUT2D eigenvalue weighted by molar-refractivity contribution is 6.11. The Labute approximate surface area is 408 Å². The largest absolute Gasteiger partial charge is 0.457 e. The third kappa shape index (κ3) is 6.35. The number of aromatic nitrogens is 4. The zero-order valence-electron chi connectivity index (χ0n) is 68.4. The Balaban J connectivity index is 1.33. The van der Waals surface area contributed by atoms with E-state index in [2.05, 4.69) is 11.3 Å². The lowest BCUT2D eigenvalue weighted by Gasteiger charge is -2.17. The molecule has 0 saturated carbocycles. The second-order valence-corrected chi connectivity index (χ2v) is 12.6. The van der Waals surface area contributed by atoms with Crippen molar-refractivity contribution in [3.8, 4) is 62.1 Å². The lowest BCUT2D eigenvalue weighted by atomic mass is 9.95. The second kappa shape index (κ2) is 15.0. The summed E-state index contributed by atoms with van der Waals surface area (Å²) in [6.07, 6.45) is 1.36. The summed E-state index contributed by atoms with van der Waals surface area (Å²) >= 11 is 0. The van der Waals surface area contributed by atoms with Crippen LogP contribution in [0, 0.1) is 20.0 Å². The summed E-state index contributed by atoms with van der Waals surface area (Å²) in [4.78, 5) is 4.01. The molecule has 0 spiro atoms. The van der Waals surface area contributed by atoms with Gasteiger partial charge in [0, 0.05) is 36.8 Å². The predicted molar refractivity (Wildman–Crippen MR) is 248 cm³/mol. The Morgan fingerprint density at radius 1 is 0.557 bits per heavy atom. The van der Waals surface area contributed by atoms with Crippen molar-refractivity contribution in [2.75, 3.05) is 0 Å². The fourth-order valence-corrected chi connectivity index (χ4v) is 6.54. The van der Waals surface area contributed by atoms with Gasteiger partial charge < -0.3 is 4.74 Å². The van der Waals surface area contributed by atoms with Gasteiger partial charge in [0.25, 0.3) is 6.33 Å². The van der Waals surface area contributed by atoms with E-state index in [0.717, 1.165) is 6.07 Å². The highest BCUT2D eigenvalue weighted by atomic mass is 16.5. The first kappa shape index (κ1) is 14.0. The number of imidazole rings is 1. The van der Waals surface area contributed by atoms with Crippen LogP contribution in [0.1, 0.15) is 63.2 Å². The van der Waals surface area contributed by atoms with Crippen LogP contribution >= 0.6 is 0 Å². The number of hydrogen-bond donors (Lipinski definition) is 0. The van der Waals surface area contributed by atoms with E-state index in [1.165, 1.54) is 0 Å². The van der Waals surface area contributed by atoms with E-state index in [1.54, 1.807) is 0 Å². The van der Waals surface area contributed by atoms with Crippen molar-refractivity contribution in [3.05, 3.63) is 223 Å². The second-order valence-electron chi connectivity index (χ2n) is 12.6. The molecular formula is C56H40N4O. The summed E-state index contributed by atoms with van der Waals surface area (Å²) in [5.74, 6) is -2.97. The van der Waals surface area contributed by atoms with Crippen LogP contribution in [0.3, 0.4) is 0 Å². The molecule has 0 unspecified atom stereocenters. The fourth-order valence-electron chi connectivity index (χ4n) is 6.54. The predicted octanol–water partition coefficient (Wildman–Crippen LogP) is 13.6. The van der Waals surface area contributed by atoms with Gasteiger partial charge in [0.1, 0.15) is 17.3 Å². The number of para-hydroxylation sites is 4. The molecule has 61 heavy (non-hydrogen) atoms. The number of nitrogens with zero attached hydrogens (tertiary/aromatic N) is 4. The zero-order chi connectivity index (χ0) is 73.7. The van der Waals surface area contributed by atoms with E-state index < -0.39 is 313 Å². The van der Waals surface area contributed by atoms with Gasteiger partial charge >= 0.3 is 0 Å². The van der Waals surface area contributed by atoms with Gasteiger partial charge in [-0.2, -0.15) is 0 Å². The molecule has 0 amide bonds. The first-order chi connectivity index (χ1) is 45.8. The van der Waals surface area contributed by atoms with Crippen molar-refractivity contribution >= 4 is 32.8 Å². The molecule has 0 aliphatic carbocycles. The SMILES string of the molecule is [2H]c1nc(-n2c3cc(Oc4cc(-n5[c-][n+](-c6c(-c7c([2H])c([2H])c([2H])c([2H])c7[2H])c([2H])c([2H])c([2H])c6-c6c([2H])c([2H])c([2H])c([2H])c6[2H])c6c([2H])c([2H])c([2H])c([2H])c65)c([2H])c([2H])c4[2H])c(-c4c([2H])c([2H])c([2H])c([2H])c4[2H])c([2H])c3c3c([2H])c([2H])c([2H])c([2H])c32)c([2H])c(C([2H])([2H])[2H])c1C([2H])([2H])[2H]. The van der Waals surface area contributed by atoms with Crippen molar-refractivity contribution in [1.29, 1.82) is 0 Å². The minimum absolute atomic E-state index is 0.563. The Bertz CT molecular complexity index is 5350. The average molecular weight is 823 g/mol. The zero-order valence-corrected chi connectivity index (χ0v) is 30.4. The molecule has 0 fully saturated rings. The number of benzene rings is 8. The molecule has 0 saturated heterocycles. The molecule has 8 aromatic carbocycles. The first-order valence-corrected chi connectivity index (χ1v) is 17.5. The van der Waals surface area contributed by atoms with E-state index >= 15 is 0 Å². The van der Waals surface area contributed by atoms with Gasteiger partial charge in [0.15, 0.2) is 0 Å². The van der Waals surface area contributed by atoms with Crippen LogP contribution in [0.5, 0.6) is 11.5 Å². The maximum Gasteiger partial charge on any atom is 0.269 e. The molecule has 5 nitrogen and oxygen atoms in total. The number of pyridine rings is 1. The smallest absolute Gasteiger partial charge is 0.269 e. The summed E-state index contributed by atoms with van der Waals surface area (Å²) in [5, 5.41) is -1.32. The summed E-state index contributed by atoms with van der Waals surface area (Å²) < 4.78 is 347. The summed E-state index contributed by atoms with van der Waals surface area (Å²) in [5.41, 5.74) is -13.0. The maximum atomic E-state index is 10.1. The quantitative estimate of drug-likeness (QED) is 0.113. The van der Waals surface area contributed by atoms with Crippen molar-refractivity contribution < 1.29 is 61.4 Å². The number of fused-ring (bicyclic) bond motifs is 4. The van der Waals surface area contributed by atoms with Crippen LogP contribution in [-0.2, 0) is 0 Å². The molecule has 11 aromatic rings. The van der Waals surface area contributed by atoms with E-state index in [1.807, 2.05) is 0 Å². The lowest BCUT2D eigenvalue weighted by Crippen LogP contribution is -2.31. The molecule has 3 heterocycles. The standard InChI is InChI=1S/C56H40N4O/c1-38-32-55(57-36-39(38)2)60-50-29-13-12-26-47(50)49-34-48(42-22-10-5-11-23-42)54(35-53(49)60)61-44-25-16-24-43(33-44)58-37-59(52-31-15-14-30-51(52)58)56-45(40-18-6-3-7-19-40)27-17-28-46(56)41-20-8-4-9-21-41/h3-36H,1-2H3/i1D3,2D3,3D,4D,5D,6D,7D,8D,9D,10D,11D,12D,13D,14D,15D,16D,17D,18D,19D,20D,21D,22D,23D,24D,25D,26D,27D,28D,29D,30D,31D,32D,34D,36D. The fraction of sp³-hybridized carbons (Fsp3) is 0.0357. The van der Waals surface area contributed by atoms with Crippen LogP contribution in [0.25, 0.3) is 83.4 Å². The van der Waals surface area contributed by atoms with Crippen molar-refractivity contribution in [2.24, 2.45) is 0 Å². The van der Waals surface area contributed by atoms with Gasteiger partial charge in [0.2, 0.25) is 0 Å². The highest BCUT2D eigenvalue weighted by Crippen LogP contribution is 2.42. The third-order valence-electron chi connectivity index (χ3n) is 9.10. The number of ether oxygens (including phenoxy) is 1. The minimum Gasteiger partial charge on any atom is -0.457 e. The molecule has 0 radical (unpaired) electrons. The van der Waals surface area contributed by atoms with Crippen LogP contribution in [0.2, 0.25) is 0 Å². The summed E-state index contributed by atoms with van der Waals surface area (Å²) in [7, 11) is 0. The van der Waals surface area contributed by atoms with Gasteiger partial charge in [-0.25, -0.2) is 4.98 Å². The first-order valence-electron chi connectivity index (χ1n) is 36.5. The minimum atomic E-state index is -3.55. The molecule has 0 bridgehead atoms. The van der Waals surface area contributed by atoms with Crippen molar-refractivity contribution in [2.45, 2.75) is 13.7 Å². The molecule has 0 atom stereocenters. The molecule has 0 aliphatic heterocycles. The van der Waals surface area contributed by atoms with Gasteiger partial charge in [-0.05, 0) is 88.9 Å². The molecule has 5 heteroatoms. The molecule has 290 valence electrons. The number of rotatable bonds is 8. The van der Waals surface area contributed by atoms with Crippen LogP contribution in [0.4, 0.5) is 0 Å². The molecule has 11 rings (SSSR count). The Morgan fingerprint density at radius 3 is 1.89 bits per heavy atom. The number of hydrogen-bond acceptors (Lipinski definition) is 2. The van der Waals surface area contributed by atoms with Crippen LogP contribution in [0.15, 0.2) is 206 Å².